The van der Waals surface area contributed by atoms with Crippen molar-refractivity contribution in [2.45, 2.75) is 37.5 Å². The molecule has 1 saturated carbocycles. The van der Waals surface area contributed by atoms with E-state index in [2.05, 4.69) is 0 Å². The van der Waals surface area contributed by atoms with E-state index in [1.165, 1.54) is 0 Å². The van der Waals surface area contributed by atoms with E-state index in [4.69, 9.17) is 27.9 Å². The third-order valence-corrected chi connectivity index (χ3v) is 5.25. The highest BCUT2D eigenvalue weighted by Gasteiger charge is 2.28. The highest BCUT2D eigenvalue weighted by Crippen LogP contribution is 2.45. The molecule has 122 valence electrons. The van der Waals surface area contributed by atoms with Gasteiger partial charge in [-0.3, -0.25) is 0 Å². The molecular formula is C19H19Cl2FO. The van der Waals surface area contributed by atoms with Gasteiger partial charge in [0, 0.05) is 5.02 Å². The summed E-state index contributed by atoms with van der Waals surface area (Å²) in [4.78, 5) is 0. The molecule has 0 radical (unpaired) electrons. The molecule has 23 heavy (non-hydrogen) atoms. The van der Waals surface area contributed by atoms with Crippen LogP contribution >= 0.6 is 23.2 Å². The molecule has 2 aromatic rings. The van der Waals surface area contributed by atoms with Gasteiger partial charge in [-0.1, -0.05) is 41.8 Å². The van der Waals surface area contributed by atoms with Crippen LogP contribution in [0.1, 0.15) is 48.6 Å². The first-order chi connectivity index (χ1) is 11.1. The van der Waals surface area contributed by atoms with Crippen LogP contribution in [0, 0.1) is 5.82 Å². The van der Waals surface area contributed by atoms with E-state index in [1.54, 1.807) is 13.2 Å². The molecule has 2 unspecified atom stereocenters. The maximum atomic E-state index is 14.3. The number of ether oxygens (including phenoxy) is 1. The Kier molecular flexibility index (Phi) is 5.13. The van der Waals surface area contributed by atoms with Crippen LogP contribution in [0.2, 0.25) is 10.0 Å². The lowest BCUT2D eigenvalue weighted by atomic mass is 9.75. The van der Waals surface area contributed by atoms with Crippen LogP contribution in [-0.2, 0) is 0 Å². The maximum absolute atomic E-state index is 14.3. The van der Waals surface area contributed by atoms with Crippen molar-refractivity contribution >= 4 is 23.2 Å². The molecule has 0 saturated heterocycles. The van der Waals surface area contributed by atoms with E-state index in [9.17, 15) is 4.39 Å². The van der Waals surface area contributed by atoms with Crippen LogP contribution in [0.4, 0.5) is 4.39 Å². The Morgan fingerprint density at radius 2 is 1.78 bits per heavy atom. The van der Waals surface area contributed by atoms with Crippen molar-refractivity contribution in [3.63, 3.8) is 0 Å². The fraction of sp³-hybridized carbons (Fsp3) is 0.368. The molecule has 0 spiro atoms. The molecule has 1 aliphatic rings. The zero-order chi connectivity index (χ0) is 16.4. The van der Waals surface area contributed by atoms with E-state index in [0.29, 0.717) is 10.9 Å². The number of halogens is 3. The molecule has 0 aromatic heterocycles. The van der Waals surface area contributed by atoms with Crippen LogP contribution in [0.15, 0.2) is 36.4 Å². The summed E-state index contributed by atoms with van der Waals surface area (Å²) in [6.07, 6.45) is 3.98. The number of hydrogen-bond acceptors (Lipinski definition) is 1. The summed E-state index contributed by atoms with van der Waals surface area (Å²) < 4.78 is 19.8. The Morgan fingerprint density at radius 1 is 1.04 bits per heavy atom. The topological polar surface area (TPSA) is 9.23 Å². The SMILES string of the molecule is COc1ccc(Cl)cc1C1CCCC(c2cccc(Cl)c2F)C1. The molecule has 1 aliphatic carbocycles. The number of benzene rings is 2. The summed E-state index contributed by atoms with van der Waals surface area (Å²) in [7, 11) is 1.67. The molecule has 2 aromatic carbocycles. The van der Waals surface area contributed by atoms with Gasteiger partial charge in [-0.15, -0.1) is 0 Å². The quantitative estimate of drug-likeness (QED) is 0.605. The standard InChI is InChI=1S/C19H19Cl2FO/c1-23-18-9-8-14(20)11-16(18)13-5-2-4-12(10-13)15-6-3-7-17(21)19(15)22/h3,6-9,11-13H,2,4-5,10H2,1H3. The second kappa shape index (κ2) is 7.11. The van der Waals surface area contributed by atoms with E-state index >= 15 is 0 Å². The fourth-order valence-electron chi connectivity index (χ4n) is 3.61. The summed E-state index contributed by atoms with van der Waals surface area (Å²) in [5.41, 5.74) is 1.84. The second-order valence-electron chi connectivity index (χ2n) is 6.09. The van der Waals surface area contributed by atoms with Crippen molar-refractivity contribution in [2.75, 3.05) is 7.11 Å². The molecule has 1 fully saturated rings. The second-order valence-corrected chi connectivity index (χ2v) is 6.93. The van der Waals surface area contributed by atoms with Gasteiger partial charge in [-0.2, -0.15) is 0 Å². The van der Waals surface area contributed by atoms with E-state index < -0.39 is 0 Å². The van der Waals surface area contributed by atoms with Crippen molar-refractivity contribution in [3.8, 4) is 5.75 Å². The van der Waals surface area contributed by atoms with Crippen LogP contribution in [-0.4, -0.2) is 7.11 Å². The van der Waals surface area contributed by atoms with Crippen LogP contribution in [0.5, 0.6) is 5.75 Å². The third kappa shape index (κ3) is 3.49. The Bertz CT molecular complexity index is 702. The lowest BCUT2D eigenvalue weighted by Gasteiger charge is -2.31. The monoisotopic (exact) mass is 352 g/mol. The average molecular weight is 353 g/mol. The van der Waals surface area contributed by atoms with Gasteiger partial charge in [0.15, 0.2) is 0 Å². The zero-order valence-electron chi connectivity index (χ0n) is 13.0. The third-order valence-electron chi connectivity index (χ3n) is 4.73. The first kappa shape index (κ1) is 16.6. The highest BCUT2D eigenvalue weighted by molar-refractivity contribution is 6.31. The molecule has 2 atom stereocenters. The Morgan fingerprint density at radius 3 is 2.52 bits per heavy atom. The lowest BCUT2D eigenvalue weighted by molar-refractivity contribution is 0.363. The number of rotatable bonds is 3. The van der Waals surface area contributed by atoms with Gasteiger partial charge in [0.1, 0.15) is 11.6 Å². The Hall–Kier alpha value is -1.25. The first-order valence-corrected chi connectivity index (χ1v) is 8.63. The summed E-state index contributed by atoms with van der Waals surface area (Å²) >= 11 is 12.1. The minimum absolute atomic E-state index is 0.177. The molecule has 0 amide bonds. The molecule has 0 N–H and O–H groups in total. The van der Waals surface area contributed by atoms with Gasteiger partial charge < -0.3 is 4.74 Å². The van der Waals surface area contributed by atoms with Gasteiger partial charge in [0.2, 0.25) is 0 Å². The van der Waals surface area contributed by atoms with E-state index in [-0.39, 0.29) is 16.8 Å². The number of hydrogen-bond donors (Lipinski definition) is 0. The lowest BCUT2D eigenvalue weighted by Crippen LogP contribution is -2.15. The van der Waals surface area contributed by atoms with E-state index in [0.717, 1.165) is 42.6 Å². The van der Waals surface area contributed by atoms with Crippen LogP contribution in [0.3, 0.4) is 0 Å². The summed E-state index contributed by atoms with van der Waals surface area (Å²) in [6.45, 7) is 0. The maximum Gasteiger partial charge on any atom is 0.145 e. The van der Waals surface area contributed by atoms with Gasteiger partial charge in [-0.25, -0.2) is 4.39 Å². The van der Waals surface area contributed by atoms with Crippen molar-refractivity contribution in [1.82, 2.24) is 0 Å². The van der Waals surface area contributed by atoms with Gasteiger partial charge in [0.25, 0.3) is 0 Å². The molecule has 0 heterocycles. The molecule has 4 heteroatoms. The minimum Gasteiger partial charge on any atom is -0.496 e. The van der Waals surface area contributed by atoms with Crippen molar-refractivity contribution in [2.24, 2.45) is 0 Å². The summed E-state index contributed by atoms with van der Waals surface area (Å²) in [5.74, 6) is 1.07. The van der Waals surface area contributed by atoms with Crippen LogP contribution < -0.4 is 4.74 Å². The summed E-state index contributed by atoms with van der Waals surface area (Å²) in [6, 6.07) is 11.0. The fourth-order valence-corrected chi connectivity index (χ4v) is 3.98. The molecule has 0 bridgehead atoms. The minimum atomic E-state index is -0.280. The highest BCUT2D eigenvalue weighted by atomic mass is 35.5. The molecular weight excluding hydrogens is 334 g/mol. The normalized spacial score (nSPS) is 21.2. The molecule has 3 rings (SSSR count). The average Bonchev–Trinajstić information content (AvgIpc) is 2.57. The predicted octanol–water partition coefficient (Wildman–Crippen LogP) is 6.58. The van der Waals surface area contributed by atoms with Crippen molar-refractivity contribution in [3.05, 3.63) is 63.4 Å². The Labute approximate surface area is 146 Å². The smallest absolute Gasteiger partial charge is 0.145 e. The van der Waals surface area contributed by atoms with Gasteiger partial charge >= 0.3 is 0 Å². The molecule has 1 nitrogen and oxygen atoms in total. The number of methoxy groups -OCH3 is 1. The summed E-state index contributed by atoms with van der Waals surface area (Å²) in [5, 5.41) is 0.904. The first-order valence-electron chi connectivity index (χ1n) is 7.87. The van der Waals surface area contributed by atoms with Crippen molar-refractivity contribution < 1.29 is 9.13 Å². The Balaban J connectivity index is 1.89. The largest absolute Gasteiger partial charge is 0.496 e. The molecule has 0 aliphatic heterocycles. The zero-order valence-corrected chi connectivity index (χ0v) is 14.5. The van der Waals surface area contributed by atoms with Gasteiger partial charge in [0.05, 0.1) is 12.1 Å². The van der Waals surface area contributed by atoms with E-state index in [1.807, 2.05) is 30.3 Å². The van der Waals surface area contributed by atoms with Crippen molar-refractivity contribution in [1.29, 1.82) is 0 Å². The van der Waals surface area contributed by atoms with Gasteiger partial charge in [-0.05, 0) is 66.5 Å². The predicted molar refractivity (Wildman–Crippen MR) is 93.4 cm³/mol. The van der Waals surface area contributed by atoms with Crippen LogP contribution in [0.25, 0.3) is 0 Å².